The number of nitrogens with zero attached hydrogens (tertiary/aromatic N) is 2. The lowest BCUT2D eigenvalue weighted by molar-refractivity contribution is 0.0979. The standard InChI is InChI=1S/C12H12F2N2O/c13-9-4-11-12(5-10(9)14)16(7-15-11)6-8-2-1-3-17-8/h4-5,7-8H,1-3,6H2. The molecule has 1 saturated heterocycles. The Hall–Kier alpha value is -1.49. The van der Waals surface area contributed by atoms with Gasteiger partial charge in [0.15, 0.2) is 11.6 Å². The largest absolute Gasteiger partial charge is 0.376 e. The molecule has 0 radical (unpaired) electrons. The summed E-state index contributed by atoms with van der Waals surface area (Å²) in [5, 5.41) is 0. The third-order valence-corrected chi connectivity index (χ3v) is 3.09. The Labute approximate surface area is 97.0 Å². The van der Waals surface area contributed by atoms with Crippen molar-refractivity contribution in [2.45, 2.75) is 25.5 Å². The minimum Gasteiger partial charge on any atom is -0.376 e. The fourth-order valence-electron chi connectivity index (χ4n) is 2.21. The summed E-state index contributed by atoms with van der Waals surface area (Å²) in [5.41, 5.74) is 1.08. The van der Waals surface area contributed by atoms with Crippen LogP contribution in [-0.4, -0.2) is 22.3 Å². The van der Waals surface area contributed by atoms with Crippen molar-refractivity contribution in [2.75, 3.05) is 6.61 Å². The molecule has 3 nitrogen and oxygen atoms in total. The monoisotopic (exact) mass is 238 g/mol. The number of hydrogen-bond donors (Lipinski definition) is 0. The van der Waals surface area contributed by atoms with Gasteiger partial charge in [-0.15, -0.1) is 0 Å². The number of hydrogen-bond acceptors (Lipinski definition) is 2. The molecule has 1 atom stereocenters. The first-order chi connectivity index (χ1) is 8.24. The molecule has 17 heavy (non-hydrogen) atoms. The van der Waals surface area contributed by atoms with Crippen molar-refractivity contribution in [3.05, 3.63) is 30.1 Å². The highest BCUT2D eigenvalue weighted by molar-refractivity contribution is 5.75. The second kappa shape index (κ2) is 4.07. The molecule has 1 aliphatic rings. The second-order valence-electron chi connectivity index (χ2n) is 4.29. The minimum atomic E-state index is -0.861. The topological polar surface area (TPSA) is 27.1 Å². The zero-order valence-electron chi connectivity index (χ0n) is 9.20. The SMILES string of the molecule is Fc1cc2ncn(CC3CCCO3)c2cc1F. The van der Waals surface area contributed by atoms with Gasteiger partial charge in [0.2, 0.25) is 0 Å². The van der Waals surface area contributed by atoms with Gasteiger partial charge in [-0.2, -0.15) is 0 Å². The number of aromatic nitrogens is 2. The van der Waals surface area contributed by atoms with Crippen molar-refractivity contribution in [3.8, 4) is 0 Å². The number of rotatable bonds is 2. The van der Waals surface area contributed by atoms with Gasteiger partial charge in [0, 0.05) is 18.7 Å². The highest BCUT2D eigenvalue weighted by Crippen LogP contribution is 2.20. The van der Waals surface area contributed by atoms with Gasteiger partial charge in [0.1, 0.15) is 0 Å². The van der Waals surface area contributed by atoms with Crippen LogP contribution >= 0.6 is 0 Å². The molecule has 0 saturated carbocycles. The van der Waals surface area contributed by atoms with E-state index in [-0.39, 0.29) is 6.10 Å². The Morgan fingerprint density at radius 1 is 1.35 bits per heavy atom. The van der Waals surface area contributed by atoms with Crippen LogP contribution in [0.3, 0.4) is 0 Å². The molecule has 0 spiro atoms. The van der Waals surface area contributed by atoms with Crippen LogP contribution in [0.1, 0.15) is 12.8 Å². The highest BCUT2D eigenvalue weighted by Gasteiger charge is 2.17. The highest BCUT2D eigenvalue weighted by atomic mass is 19.2. The quantitative estimate of drug-likeness (QED) is 0.803. The summed E-state index contributed by atoms with van der Waals surface area (Å²) in [4.78, 5) is 4.06. The summed E-state index contributed by atoms with van der Waals surface area (Å²) in [7, 11) is 0. The van der Waals surface area contributed by atoms with E-state index in [2.05, 4.69) is 4.98 Å². The molecule has 1 aliphatic heterocycles. The maximum absolute atomic E-state index is 13.2. The second-order valence-corrected chi connectivity index (χ2v) is 4.29. The van der Waals surface area contributed by atoms with E-state index in [1.54, 1.807) is 6.33 Å². The number of fused-ring (bicyclic) bond motifs is 1. The molecule has 2 aromatic rings. The molecule has 0 bridgehead atoms. The van der Waals surface area contributed by atoms with Gasteiger partial charge in [-0.3, -0.25) is 0 Å². The molecular weight excluding hydrogens is 226 g/mol. The lowest BCUT2D eigenvalue weighted by Crippen LogP contribution is -2.14. The molecule has 0 aliphatic carbocycles. The van der Waals surface area contributed by atoms with E-state index < -0.39 is 11.6 Å². The van der Waals surface area contributed by atoms with Gasteiger partial charge in [-0.25, -0.2) is 13.8 Å². The van der Waals surface area contributed by atoms with Crippen LogP contribution in [-0.2, 0) is 11.3 Å². The summed E-state index contributed by atoms with van der Waals surface area (Å²) >= 11 is 0. The van der Waals surface area contributed by atoms with Gasteiger partial charge in [0.05, 0.1) is 30.0 Å². The molecule has 90 valence electrons. The summed E-state index contributed by atoms with van der Waals surface area (Å²) in [6.07, 6.45) is 3.81. The van der Waals surface area contributed by atoms with Crippen LogP contribution in [0.2, 0.25) is 0 Å². The first-order valence-corrected chi connectivity index (χ1v) is 5.65. The Kier molecular flexibility index (Phi) is 2.55. The van der Waals surface area contributed by atoms with E-state index in [1.165, 1.54) is 6.07 Å². The third-order valence-electron chi connectivity index (χ3n) is 3.09. The van der Waals surface area contributed by atoms with Crippen LogP contribution < -0.4 is 0 Å². The zero-order chi connectivity index (χ0) is 11.8. The number of ether oxygens (including phenoxy) is 1. The zero-order valence-corrected chi connectivity index (χ0v) is 9.20. The Balaban J connectivity index is 1.96. The molecule has 1 aromatic carbocycles. The van der Waals surface area contributed by atoms with E-state index in [0.717, 1.165) is 25.5 Å². The van der Waals surface area contributed by atoms with Crippen LogP contribution in [0.25, 0.3) is 11.0 Å². The normalized spacial score (nSPS) is 20.2. The van der Waals surface area contributed by atoms with Crippen LogP contribution in [0, 0.1) is 11.6 Å². The van der Waals surface area contributed by atoms with Crippen molar-refractivity contribution in [3.63, 3.8) is 0 Å². The van der Waals surface area contributed by atoms with Crippen molar-refractivity contribution in [2.24, 2.45) is 0 Å². The van der Waals surface area contributed by atoms with Gasteiger partial charge in [-0.05, 0) is 12.8 Å². The van der Waals surface area contributed by atoms with Crippen molar-refractivity contribution < 1.29 is 13.5 Å². The van der Waals surface area contributed by atoms with Crippen molar-refractivity contribution >= 4 is 11.0 Å². The Morgan fingerprint density at radius 2 is 2.18 bits per heavy atom. The molecule has 1 unspecified atom stereocenters. The summed E-state index contributed by atoms with van der Waals surface area (Å²) < 4.78 is 33.5. The lowest BCUT2D eigenvalue weighted by Gasteiger charge is -2.10. The van der Waals surface area contributed by atoms with Crippen molar-refractivity contribution in [1.29, 1.82) is 0 Å². The molecule has 1 aromatic heterocycles. The van der Waals surface area contributed by atoms with E-state index in [0.29, 0.717) is 17.6 Å². The molecule has 5 heteroatoms. The minimum absolute atomic E-state index is 0.153. The molecule has 1 fully saturated rings. The first-order valence-electron chi connectivity index (χ1n) is 5.65. The summed E-state index contributed by atoms with van der Waals surface area (Å²) in [5.74, 6) is -1.70. The average Bonchev–Trinajstić information content (AvgIpc) is 2.92. The molecule has 0 N–H and O–H groups in total. The number of halogens is 2. The van der Waals surface area contributed by atoms with Gasteiger partial charge >= 0.3 is 0 Å². The molecule has 2 heterocycles. The summed E-state index contributed by atoms with van der Waals surface area (Å²) in [6.45, 7) is 1.42. The Morgan fingerprint density at radius 3 is 2.94 bits per heavy atom. The van der Waals surface area contributed by atoms with E-state index in [9.17, 15) is 8.78 Å². The maximum Gasteiger partial charge on any atom is 0.161 e. The predicted octanol–water partition coefficient (Wildman–Crippen LogP) is 2.49. The van der Waals surface area contributed by atoms with Gasteiger partial charge in [-0.1, -0.05) is 0 Å². The smallest absolute Gasteiger partial charge is 0.161 e. The fraction of sp³-hybridized carbons (Fsp3) is 0.417. The average molecular weight is 238 g/mol. The van der Waals surface area contributed by atoms with Crippen LogP contribution in [0.4, 0.5) is 8.78 Å². The maximum atomic E-state index is 13.2. The molecule has 0 amide bonds. The van der Waals surface area contributed by atoms with E-state index in [4.69, 9.17) is 4.74 Å². The number of benzene rings is 1. The Bertz CT molecular complexity index is 547. The van der Waals surface area contributed by atoms with Gasteiger partial charge in [0.25, 0.3) is 0 Å². The fourth-order valence-corrected chi connectivity index (χ4v) is 2.21. The van der Waals surface area contributed by atoms with Crippen LogP contribution in [0.5, 0.6) is 0 Å². The lowest BCUT2D eigenvalue weighted by atomic mass is 10.2. The first kappa shape index (κ1) is 10.7. The van der Waals surface area contributed by atoms with E-state index >= 15 is 0 Å². The predicted molar refractivity (Wildman–Crippen MR) is 58.6 cm³/mol. The molecule has 3 rings (SSSR count). The van der Waals surface area contributed by atoms with Crippen LogP contribution in [0.15, 0.2) is 18.5 Å². The van der Waals surface area contributed by atoms with E-state index in [1.807, 2.05) is 4.57 Å². The molecular formula is C12H12F2N2O. The van der Waals surface area contributed by atoms with Gasteiger partial charge < -0.3 is 9.30 Å². The van der Waals surface area contributed by atoms with Crippen molar-refractivity contribution in [1.82, 2.24) is 9.55 Å². The summed E-state index contributed by atoms with van der Waals surface area (Å²) in [6, 6.07) is 2.31. The number of imidazole rings is 1. The third kappa shape index (κ3) is 1.91.